The maximum atomic E-state index is 14.0. The molecule has 38 heavy (non-hydrogen) atoms. The number of fused-ring (bicyclic) bond motifs is 2. The van der Waals surface area contributed by atoms with Gasteiger partial charge in [0.2, 0.25) is 0 Å². The molecule has 3 atom stereocenters. The van der Waals surface area contributed by atoms with Crippen molar-refractivity contribution in [1.29, 1.82) is 5.26 Å². The molecule has 1 aliphatic carbocycles. The van der Waals surface area contributed by atoms with Crippen LogP contribution < -0.4 is 10.6 Å². The third-order valence-corrected chi connectivity index (χ3v) is 9.22. The number of anilines is 2. The maximum Gasteiger partial charge on any atom is 0.410 e. The van der Waals surface area contributed by atoms with Gasteiger partial charge in [-0.15, -0.1) is 11.3 Å². The Morgan fingerprint density at radius 3 is 2.61 bits per heavy atom. The zero-order chi connectivity index (χ0) is 27.4. The number of rotatable bonds is 3. The molecule has 0 fully saturated rings. The number of thiophene rings is 1. The Kier molecular flexibility index (Phi) is 6.84. The highest BCUT2D eigenvalue weighted by Crippen LogP contribution is 2.45. The minimum atomic E-state index is -4.55. The number of nitriles is 1. The van der Waals surface area contributed by atoms with E-state index >= 15 is 0 Å². The lowest BCUT2D eigenvalue weighted by Crippen LogP contribution is -2.35. The van der Waals surface area contributed by atoms with E-state index in [9.17, 15) is 23.2 Å². The van der Waals surface area contributed by atoms with Crippen LogP contribution in [0.3, 0.4) is 0 Å². The van der Waals surface area contributed by atoms with Crippen molar-refractivity contribution >= 4 is 44.0 Å². The average molecular weight is 607 g/mol. The summed E-state index contributed by atoms with van der Waals surface area (Å²) in [5.74, 6) is -0.0550. The lowest BCUT2D eigenvalue weighted by atomic mass is 9.72. The van der Waals surface area contributed by atoms with Crippen LogP contribution in [0.5, 0.6) is 0 Å². The number of alkyl halides is 3. The molecule has 11 heteroatoms. The van der Waals surface area contributed by atoms with Gasteiger partial charge in [-0.1, -0.05) is 48.8 Å². The highest BCUT2D eigenvalue weighted by Gasteiger charge is 2.47. The first kappa shape index (κ1) is 26.8. The lowest BCUT2D eigenvalue weighted by Gasteiger charge is -2.33. The Balaban J connectivity index is 1.42. The van der Waals surface area contributed by atoms with Crippen molar-refractivity contribution in [3.8, 4) is 6.07 Å². The van der Waals surface area contributed by atoms with Crippen LogP contribution in [0.1, 0.15) is 77.8 Å². The van der Waals surface area contributed by atoms with Gasteiger partial charge in [0, 0.05) is 21.8 Å². The minimum absolute atomic E-state index is 0.121. The molecule has 3 heterocycles. The SMILES string of the molecule is CC(C)(C)[C@@H]1CCc2c(sc(NC(=O)c3cc4n(n3)[C@H](C(F)(F)F)C[C@@H](c3ccc(Br)cc3)N4)c2C#N)C1. The van der Waals surface area contributed by atoms with Gasteiger partial charge in [-0.25, -0.2) is 4.68 Å². The van der Waals surface area contributed by atoms with E-state index in [-0.39, 0.29) is 23.3 Å². The molecule has 5 rings (SSSR count). The Morgan fingerprint density at radius 2 is 1.97 bits per heavy atom. The molecule has 0 bridgehead atoms. The number of hydrogen-bond donors (Lipinski definition) is 2. The van der Waals surface area contributed by atoms with Gasteiger partial charge >= 0.3 is 6.18 Å². The Bertz CT molecular complexity index is 1410. The molecule has 1 amide bonds. The van der Waals surface area contributed by atoms with Crippen molar-refractivity contribution in [3.05, 3.63) is 62.1 Å². The lowest BCUT2D eigenvalue weighted by molar-refractivity contribution is -0.173. The van der Waals surface area contributed by atoms with Crippen LogP contribution in [0.15, 0.2) is 34.8 Å². The fourth-order valence-electron chi connectivity index (χ4n) is 5.30. The van der Waals surface area contributed by atoms with Gasteiger partial charge in [-0.05, 0) is 53.9 Å². The van der Waals surface area contributed by atoms with E-state index in [4.69, 9.17) is 0 Å². The number of halogens is 4. The van der Waals surface area contributed by atoms with Crippen molar-refractivity contribution in [2.75, 3.05) is 10.6 Å². The summed E-state index contributed by atoms with van der Waals surface area (Å²) < 4.78 is 43.8. The second-order valence-electron chi connectivity index (χ2n) is 11.0. The number of benzene rings is 1. The van der Waals surface area contributed by atoms with E-state index in [1.807, 2.05) is 0 Å². The molecule has 0 radical (unpaired) electrons. The van der Waals surface area contributed by atoms with Crippen LogP contribution in [-0.2, 0) is 12.8 Å². The molecular weight excluding hydrogens is 579 g/mol. The van der Waals surface area contributed by atoms with Gasteiger partial charge < -0.3 is 10.6 Å². The molecule has 6 nitrogen and oxygen atoms in total. The second-order valence-corrected chi connectivity index (χ2v) is 13.0. The molecule has 2 N–H and O–H groups in total. The standard InChI is InChI=1S/C27H27BrF3N5OS/c1-26(2,3)15-6-9-17-18(13-32)25(38-21(17)10-15)34-24(37)20-12-23-33-19(14-4-7-16(28)8-5-14)11-22(27(29,30)31)36(23)35-20/h4-5,7-8,12,15,19,22,33H,6,9-11H2,1-3H3,(H,34,37)/t15-,19+,22+/m1/s1. The van der Waals surface area contributed by atoms with Crippen molar-refractivity contribution in [3.63, 3.8) is 0 Å². The van der Waals surface area contributed by atoms with Gasteiger partial charge in [-0.2, -0.15) is 23.5 Å². The van der Waals surface area contributed by atoms with Crippen molar-refractivity contribution in [1.82, 2.24) is 9.78 Å². The Hall–Kier alpha value is -2.84. The van der Waals surface area contributed by atoms with Crippen molar-refractivity contribution < 1.29 is 18.0 Å². The number of nitrogens with zero attached hydrogens (tertiary/aromatic N) is 3. The summed E-state index contributed by atoms with van der Waals surface area (Å²) in [7, 11) is 0. The van der Waals surface area contributed by atoms with Gasteiger partial charge in [0.1, 0.15) is 16.9 Å². The first-order chi connectivity index (χ1) is 17.8. The fourth-order valence-corrected chi connectivity index (χ4v) is 6.83. The molecular formula is C27H27BrF3N5OS. The first-order valence-corrected chi connectivity index (χ1v) is 14.0. The molecule has 2 aromatic heterocycles. The highest BCUT2D eigenvalue weighted by atomic mass is 79.9. The van der Waals surface area contributed by atoms with Crippen LogP contribution >= 0.6 is 27.3 Å². The number of nitrogens with one attached hydrogen (secondary N) is 2. The summed E-state index contributed by atoms with van der Waals surface area (Å²) >= 11 is 4.73. The predicted octanol–water partition coefficient (Wildman–Crippen LogP) is 7.64. The molecule has 200 valence electrons. The zero-order valence-corrected chi connectivity index (χ0v) is 23.5. The normalized spacial score (nSPS) is 21.2. The third kappa shape index (κ3) is 5.08. The van der Waals surface area contributed by atoms with Crippen LogP contribution in [0.25, 0.3) is 0 Å². The summed E-state index contributed by atoms with van der Waals surface area (Å²) in [6, 6.07) is 8.17. The number of carbonyl (C=O) groups excluding carboxylic acids is 1. The van der Waals surface area contributed by atoms with E-state index < -0.39 is 24.2 Å². The Morgan fingerprint density at radius 1 is 1.26 bits per heavy atom. The largest absolute Gasteiger partial charge is 0.410 e. The van der Waals surface area contributed by atoms with Gasteiger partial charge in [0.25, 0.3) is 5.91 Å². The van der Waals surface area contributed by atoms with Crippen molar-refractivity contribution in [2.24, 2.45) is 11.3 Å². The van der Waals surface area contributed by atoms with E-state index in [1.54, 1.807) is 24.3 Å². The summed E-state index contributed by atoms with van der Waals surface area (Å²) in [4.78, 5) is 14.3. The van der Waals surface area contributed by atoms with Crippen LogP contribution in [0.2, 0.25) is 0 Å². The van der Waals surface area contributed by atoms with E-state index in [0.29, 0.717) is 22.0 Å². The highest BCUT2D eigenvalue weighted by molar-refractivity contribution is 9.10. The van der Waals surface area contributed by atoms with E-state index in [2.05, 4.69) is 58.5 Å². The number of hydrogen-bond acceptors (Lipinski definition) is 5. The molecule has 3 aromatic rings. The smallest absolute Gasteiger partial charge is 0.363 e. The molecule has 1 aliphatic heterocycles. The van der Waals surface area contributed by atoms with Crippen LogP contribution in [0, 0.1) is 22.7 Å². The molecule has 0 saturated carbocycles. The van der Waals surface area contributed by atoms with E-state index in [1.165, 1.54) is 17.4 Å². The predicted molar refractivity (Wildman–Crippen MR) is 144 cm³/mol. The summed E-state index contributed by atoms with van der Waals surface area (Å²) in [5, 5.41) is 20.2. The van der Waals surface area contributed by atoms with Crippen LogP contribution in [-0.4, -0.2) is 21.9 Å². The monoisotopic (exact) mass is 605 g/mol. The maximum absolute atomic E-state index is 14.0. The zero-order valence-electron chi connectivity index (χ0n) is 21.1. The van der Waals surface area contributed by atoms with E-state index in [0.717, 1.165) is 38.9 Å². The molecule has 0 saturated heterocycles. The average Bonchev–Trinajstić information content (AvgIpc) is 3.43. The third-order valence-electron chi connectivity index (χ3n) is 7.52. The number of aromatic nitrogens is 2. The summed E-state index contributed by atoms with van der Waals surface area (Å²) in [6.07, 6.45) is -2.24. The van der Waals surface area contributed by atoms with Gasteiger partial charge in [-0.3, -0.25) is 4.79 Å². The van der Waals surface area contributed by atoms with Gasteiger partial charge in [0.15, 0.2) is 11.7 Å². The molecule has 0 spiro atoms. The van der Waals surface area contributed by atoms with Crippen LogP contribution in [0.4, 0.5) is 24.0 Å². The number of amides is 1. The van der Waals surface area contributed by atoms with Crippen molar-refractivity contribution in [2.45, 2.75) is 64.7 Å². The topological polar surface area (TPSA) is 82.7 Å². The molecule has 1 aromatic carbocycles. The van der Waals surface area contributed by atoms with Gasteiger partial charge in [0.05, 0.1) is 11.6 Å². The molecule has 0 unspecified atom stereocenters. The minimum Gasteiger partial charge on any atom is -0.363 e. The first-order valence-electron chi connectivity index (χ1n) is 12.4. The summed E-state index contributed by atoms with van der Waals surface area (Å²) in [6.45, 7) is 6.61. The second kappa shape index (κ2) is 9.72. The molecule has 2 aliphatic rings. The summed E-state index contributed by atoms with van der Waals surface area (Å²) in [5.41, 5.74) is 2.10. The quantitative estimate of drug-likeness (QED) is 0.321. The number of carbonyl (C=O) groups is 1. The Labute approximate surface area is 231 Å². The fraction of sp³-hybridized carbons (Fsp3) is 0.444.